The van der Waals surface area contributed by atoms with Crippen LogP contribution in [0.4, 0.5) is 17.6 Å². The lowest BCUT2D eigenvalue weighted by atomic mass is 9.79. The second kappa shape index (κ2) is 9.07. The number of amides is 1. The van der Waals surface area contributed by atoms with E-state index in [1.165, 1.54) is 18.3 Å². The fraction of sp³-hybridized carbons (Fsp3) is 0.240. The molecule has 0 radical (unpaired) electrons. The molecule has 1 atom stereocenters. The van der Waals surface area contributed by atoms with Crippen molar-refractivity contribution in [2.45, 2.75) is 31.0 Å². The summed E-state index contributed by atoms with van der Waals surface area (Å²) in [5.74, 6) is -1.76. The standard InChI is InChI=1S/C25H18ClF4N3O/c26-20-6-7-22(32-14-20)24(33-23(34)17-4-5-17,12-15-2-1-3-16(8-15)13-31)18-9-19(25(28,29)30)11-21(27)10-18/h1-3,6-11,14,17H,4-5,12H2,(H,33,34)/t24-/m1/s1. The number of nitrogens with one attached hydrogen (secondary N) is 1. The average molecular weight is 488 g/mol. The highest BCUT2D eigenvalue weighted by Crippen LogP contribution is 2.39. The number of carbonyl (C=O) groups is 1. The molecule has 1 aromatic heterocycles. The topological polar surface area (TPSA) is 65.8 Å². The first-order valence-corrected chi connectivity index (χ1v) is 10.8. The molecule has 1 saturated carbocycles. The van der Waals surface area contributed by atoms with E-state index in [2.05, 4.69) is 10.3 Å². The second-order valence-electron chi connectivity index (χ2n) is 8.25. The van der Waals surface area contributed by atoms with Gasteiger partial charge in [-0.15, -0.1) is 0 Å². The number of hydrogen-bond donors (Lipinski definition) is 1. The first kappa shape index (κ1) is 23.7. The van der Waals surface area contributed by atoms with Gasteiger partial charge in [0.1, 0.15) is 11.4 Å². The molecule has 0 saturated heterocycles. The number of hydrogen-bond acceptors (Lipinski definition) is 3. The summed E-state index contributed by atoms with van der Waals surface area (Å²) < 4.78 is 55.3. The van der Waals surface area contributed by atoms with E-state index in [0.29, 0.717) is 30.0 Å². The van der Waals surface area contributed by atoms with Crippen LogP contribution in [0.25, 0.3) is 0 Å². The number of rotatable bonds is 6. The fourth-order valence-corrected chi connectivity index (χ4v) is 3.98. The number of nitriles is 1. The second-order valence-corrected chi connectivity index (χ2v) is 8.68. The van der Waals surface area contributed by atoms with Crippen molar-refractivity contribution in [1.29, 1.82) is 5.26 Å². The van der Waals surface area contributed by atoms with Crippen molar-refractivity contribution >= 4 is 17.5 Å². The van der Waals surface area contributed by atoms with E-state index in [0.717, 1.165) is 12.1 Å². The zero-order chi connectivity index (χ0) is 24.5. The number of aromatic nitrogens is 1. The van der Waals surface area contributed by atoms with Crippen LogP contribution in [-0.2, 0) is 22.9 Å². The van der Waals surface area contributed by atoms with Gasteiger partial charge in [-0.1, -0.05) is 23.7 Å². The molecular weight excluding hydrogens is 470 g/mol. The molecule has 1 fully saturated rings. The Labute approximate surface area is 198 Å². The molecular formula is C25H18ClF4N3O. The molecule has 1 aliphatic rings. The number of carbonyl (C=O) groups excluding carboxylic acids is 1. The van der Waals surface area contributed by atoms with E-state index in [1.54, 1.807) is 24.3 Å². The van der Waals surface area contributed by atoms with Gasteiger partial charge in [-0.2, -0.15) is 18.4 Å². The number of nitrogens with zero attached hydrogens (tertiary/aromatic N) is 2. The molecule has 1 heterocycles. The molecule has 174 valence electrons. The molecule has 1 aliphatic carbocycles. The van der Waals surface area contributed by atoms with Crippen LogP contribution >= 0.6 is 11.6 Å². The first-order valence-electron chi connectivity index (χ1n) is 10.4. The van der Waals surface area contributed by atoms with Gasteiger partial charge in [-0.05, 0) is 66.4 Å². The van der Waals surface area contributed by atoms with Crippen molar-refractivity contribution in [1.82, 2.24) is 10.3 Å². The van der Waals surface area contributed by atoms with Gasteiger partial charge in [0, 0.05) is 18.5 Å². The highest BCUT2D eigenvalue weighted by Gasteiger charge is 2.43. The van der Waals surface area contributed by atoms with Crippen molar-refractivity contribution < 1.29 is 22.4 Å². The molecule has 1 N–H and O–H groups in total. The molecule has 4 nitrogen and oxygen atoms in total. The smallest absolute Gasteiger partial charge is 0.340 e. The van der Waals surface area contributed by atoms with Crippen LogP contribution in [0.2, 0.25) is 5.02 Å². The van der Waals surface area contributed by atoms with Gasteiger partial charge in [0.15, 0.2) is 0 Å². The minimum atomic E-state index is -4.81. The predicted molar refractivity (Wildman–Crippen MR) is 117 cm³/mol. The summed E-state index contributed by atoms with van der Waals surface area (Å²) in [5.41, 5.74) is -1.89. The number of alkyl halides is 3. The van der Waals surface area contributed by atoms with Crippen LogP contribution in [0.15, 0.2) is 60.8 Å². The highest BCUT2D eigenvalue weighted by molar-refractivity contribution is 6.30. The third-order valence-electron chi connectivity index (χ3n) is 5.69. The quantitative estimate of drug-likeness (QED) is 0.448. The lowest BCUT2D eigenvalue weighted by molar-refractivity contribution is -0.137. The van der Waals surface area contributed by atoms with Crippen LogP contribution in [0.1, 0.15) is 40.8 Å². The molecule has 0 spiro atoms. The molecule has 4 rings (SSSR count). The normalized spacial score (nSPS) is 15.3. The van der Waals surface area contributed by atoms with Gasteiger partial charge in [-0.25, -0.2) is 4.39 Å². The third-order valence-corrected chi connectivity index (χ3v) is 5.92. The lowest BCUT2D eigenvalue weighted by Crippen LogP contribution is -2.50. The Bertz CT molecular complexity index is 1270. The van der Waals surface area contributed by atoms with Gasteiger partial charge >= 0.3 is 6.18 Å². The Morgan fingerprint density at radius 2 is 1.85 bits per heavy atom. The Kier molecular flexibility index (Phi) is 6.32. The van der Waals surface area contributed by atoms with Crippen molar-refractivity contribution in [3.05, 3.63) is 99.6 Å². The molecule has 0 bridgehead atoms. The maximum atomic E-state index is 14.5. The highest BCUT2D eigenvalue weighted by atomic mass is 35.5. The zero-order valence-corrected chi connectivity index (χ0v) is 18.4. The summed E-state index contributed by atoms with van der Waals surface area (Å²) in [5, 5.41) is 12.5. The van der Waals surface area contributed by atoms with E-state index in [4.69, 9.17) is 11.6 Å². The Balaban J connectivity index is 1.97. The maximum absolute atomic E-state index is 14.5. The van der Waals surface area contributed by atoms with E-state index in [1.807, 2.05) is 6.07 Å². The minimum absolute atomic E-state index is 0.0731. The number of halogens is 5. The number of pyridine rings is 1. The average Bonchev–Trinajstić information content (AvgIpc) is 3.64. The molecule has 0 unspecified atom stereocenters. The Morgan fingerprint density at radius 3 is 2.47 bits per heavy atom. The van der Waals surface area contributed by atoms with Crippen LogP contribution < -0.4 is 5.32 Å². The maximum Gasteiger partial charge on any atom is 0.416 e. The van der Waals surface area contributed by atoms with E-state index in [-0.39, 0.29) is 34.5 Å². The van der Waals surface area contributed by atoms with Crippen molar-refractivity contribution in [2.24, 2.45) is 5.92 Å². The zero-order valence-electron chi connectivity index (χ0n) is 17.7. The third kappa shape index (κ3) is 5.05. The molecule has 34 heavy (non-hydrogen) atoms. The molecule has 1 amide bonds. The fourth-order valence-electron chi connectivity index (χ4n) is 3.86. The lowest BCUT2D eigenvalue weighted by Gasteiger charge is -2.36. The van der Waals surface area contributed by atoms with Crippen LogP contribution in [0.5, 0.6) is 0 Å². The summed E-state index contributed by atoms with van der Waals surface area (Å²) in [6.45, 7) is 0. The van der Waals surface area contributed by atoms with Crippen LogP contribution in [-0.4, -0.2) is 10.9 Å². The van der Waals surface area contributed by atoms with E-state index < -0.39 is 23.1 Å². The SMILES string of the molecule is N#Cc1cccc(C[C@@](NC(=O)C2CC2)(c2cc(F)cc(C(F)(F)F)c2)c2ccc(Cl)cn2)c1. The monoisotopic (exact) mass is 487 g/mol. The van der Waals surface area contributed by atoms with Crippen molar-refractivity contribution in [3.8, 4) is 6.07 Å². The molecule has 0 aliphatic heterocycles. The van der Waals surface area contributed by atoms with Crippen molar-refractivity contribution in [3.63, 3.8) is 0 Å². The van der Waals surface area contributed by atoms with E-state index >= 15 is 0 Å². The van der Waals surface area contributed by atoms with Crippen LogP contribution in [0, 0.1) is 23.1 Å². The van der Waals surface area contributed by atoms with Crippen LogP contribution in [0.3, 0.4) is 0 Å². The summed E-state index contributed by atoms with van der Waals surface area (Å²) in [4.78, 5) is 17.3. The van der Waals surface area contributed by atoms with Gasteiger partial charge in [0.05, 0.1) is 27.9 Å². The summed E-state index contributed by atoms with van der Waals surface area (Å²) in [7, 11) is 0. The Hall–Kier alpha value is -3.44. The van der Waals surface area contributed by atoms with Gasteiger partial charge < -0.3 is 5.32 Å². The largest absolute Gasteiger partial charge is 0.416 e. The molecule has 3 aromatic rings. The summed E-state index contributed by atoms with van der Waals surface area (Å²) >= 11 is 5.99. The first-order chi connectivity index (χ1) is 16.1. The summed E-state index contributed by atoms with van der Waals surface area (Å²) in [6, 6.07) is 13.7. The van der Waals surface area contributed by atoms with Gasteiger partial charge in [0.25, 0.3) is 0 Å². The minimum Gasteiger partial charge on any atom is -0.340 e. The predicted octanol–water partition coefficient (Wildman–Crippen LogP) is 5.78. The van der Waals surface area contributed by atoms with Crippen molar-refractivity contribution in [2.75, 3.05) is 0 Å². The van der Waals surface area contributed by atoms with Gasteiger partial charge in [0.2, 0.25) is 5.91 Å². The molecule has 2 aromatic carbocycles. The van der Waals surface area contributed by atoms with Gasteiger partial charge in [-0.3, -0.25) is 9.78 Å². The van der Waals surface area contributed by atoms with E-state index in [9.17, 15) is 27.6 Å². The number of benzene rings is 2. The summed E-state index contributed by atoms with van der Waals surface area (Å²) in [6.07, 6.45) is -2.27. The molecule has 9 heteroatoms. The Morgan fingerprint density at radius 1 is 1.12 bits per heavy atom.